The first-order valence-corrected chi connectivity index (χ1v) is 8.94. The Labute approximate surface area is 153 Å². The molecule has 26 heavy (non-hydrogen) atoms. The lowest BCUT2D eigenvalue weighted by molar-refractivity contribution is 0.174. The molecule has 1 unspecified atom stereocenters. The van der Waals surface area contributed by atoms with Crippen LogP contribution in [0.4, 0.5) is 5.82 Å². The Balaban J connectivity index is 1.44. The van der Waals surface area contributed by atoms with E-state index < -0.39 is 0 Å². The highest BCUT2D eigenvalue weighted by atomic mass is 16.3. The molecular formula is C20H23N5O. The van der Waals surface area contributed by atoms with E-state index in [0.29, 0.717) is 6.54 Å². The highest BCUT2D eigenvalue weighted by Crippen LogP contribution is 2.18. The van der Waals surface area contributed by atoms with Crippen LogP contribution in [-0.2, 0) is 13.1 Å². The average molecular weight is 349 g/mol. The maximum absolute atomic E-state index is 9.73. The molecule has 3 heterocycles. The van der Waals surface area contributed by atoms with E-state index in [2.05, 4.69) is 44.5 Å². The van der Waals surface area contributed by atoms with Crippen LogP contribution in [-0.4, -0.2) is 43.7 Å². The van der Waals surface area contributed by atoms with Gasteiger partial charge in [-0.3, -0.25) is 9.47 Å². The lowest BCUT2D eigenvalue weighted by Gasteiger charge is -2.18. The van der Waals surface area contributed by atoms with Gasteiger partial charge in [-0.25, -0.2) is 9.97 Å². The molecule has 1 aromatic carbocycles. The van der Waals surface area contributed by atoms with Crippen LogP contribution in [0, 0.1) is 0 Å². The number of β-amino-alcohol motifs (C(OH)–C–C–N with tert-alkyl or cyclic N) is 1. The van der Waals surface area contributed by atoms with E-state index in [0.717, 1.165) is 37.7 Å². The number of imidazole rings is 1. The number of nitrogens with one attached hydrogen (secondary N) is 1. The molecule has 0 bridgehead atoms. The van der Waals surface area contributed by atoms with Crippen LogP contribution in [0.2, 0.25) is 0 Å². The van der Waals surface area contributed by atoms with E-state index in [9.17, 15) is 5.11 Å². The third kappa shape index (κ3) is 3.92. The van der Waals surface area contributed by atoms with Crippen molar-refractivity contribution >= 4 is 5.82 Å². The maximum Gasteiger partial charge on any atom is 0.140 e. The number of likely N-dealkylation sites (tertiary alicyclic amines) is 1. The van der Waals surface area contributed by atoms with Gasteiger partial charge in [-0.15, -0.1) is 0 Å². The van der Waals surface area contributed by atoms with Crippen LogP contribution in [0.25, 0.3) is 5.82 Å². The Morgan fingerprint density at radius 2 is 2.00 bits per heavy atom. The van der Waals surface area contributed by atoms with E-state index in [4.69, 9.17) is 0 Å². The molecule has 0 saturated carbocycles. The lowest BCUT2D eigenvalue weighted by Crippen LogP contribution is -2.22. The molecule has 2 N–H and O–H groups in total. The van der Waals surface area contributed by atoms with Crippen molar-refractivity contribution in [3.8, 4) is 5.82 Å². The van der Waals surface area contributed by atoms with Gasteiger partial charge in [-0.2, -0.15) is 0 Å². The van der Waals surface area contributed by atoms with Crippen molar-refractivity contribution in [3.63, 3.8) is 0 Å². The molecule has 1 aliphatic heterocycles. The maximum atomic E-state index is 9.73. The van der Waals surface area contributed by atoms with Crippen LogP contribution >= 0.6 is 0 Å². The number of anilines is 1. The number of aromatic nitrogens is 3. The molecule has 1 aliphatic rings. The van der Waals surface area contributed by atoms with Crippen molar-refractivity contribution in [3.05, 3.63) is 72.3 Å². The fraction of sp³-hybridized carbons (Fsp3) is 0.300. The number of aliphatic hydroxyl groups is 1. The highest BCUT2D eigenvalue weighted by molar-refractivity contribution is 5.41. The second-order valence-electron chi connectivity index (χ2n) is 6.65. The first kappa shape index (κ1) is 16.8. The van der Waals surface area contributed by atoms with Crippen molar-refractivity contribution in [1.82, 2.24) is 19.4 Å². The van der Waals surface area contributed by atoms with Gasteiger partial charge in [0.1, 0.15) is 18.0 Å². The minimum absolute atomic E-state index is 0.185. The van der Waals surface area contributed by atoms with Crippen molar-refractivity contribution in [2.45, 2.75) is 25.6 Å². The molecule has 6 heteroatoms. The first-order chi connectivity index (χ1) is 12.8. The molecule has 0 amide bonds. The molecule has 134 valence electrons. The van der Waals surface area contributed by atoms with Crippen LogP contribution in [0.3, 0.4) is 0 Å². The first-order valence-electron chi connectivity index (χ1n) is 8.94. The molecule has 0 radical (unpaired) electrons. The Kier molecular flexibility index (Phi) is 4.95. The molecule has 2 aromatic heterocycles. The topological polar surface area (TPSA) is 66.2 Å². The summed E-state index contributed by atoms with van der Waals surface area (Å²) in [7, 11) is 0. The quantitative estimate of drug-likeness (QED) is 0.716. The molecule has 3 aromatic rings. The van der Waals surface area contributed by atoms with E-state index >= 15 is 0 Å². The van der Waals surface area contributed by atoms with Crippen molar-refractivity contribution in [2.24, 2.45) is 0 Å². The molecule has 1 atom stereocenters. The second-order valence-corrected chi connectivity index (χ2v) is 6.65. The van der Waals surface area contributed by atoms with Gasteiger partial charge in [0, 0.05) is 38.6 Å². The molecular weight excluding hydrogens is 326 g/mol. The summed E-state index contributed by atoms with van der Waals surface area (Å²) in [6, 6.07) is 14.4. The van der Waals surface area contributed by atoms with Crippen molar-refractivity contribution in [2.75, 3.05) is 18.4 Å². The summed E-state index contributed by atoms with van der Waals surface area (Å²) in [5.41, 5.74) is 2.54. The summed E-state index contributed by atoms with van der Waals surface area (Å²) in [6.45, 7) is 3.30. The van der Waals surface area contributed by atoms with Crippen molar-refractivity contribution < 1.29 is 5.11 Å². The fourth-order valence-electron chi connectivity index (χ4n) is 3.33. The van der Waals surface area contributed by atoms with Crippen LogP contribution < -0.4 is 5.32 Å². The molecule has 0 spiro atoms. The summed E-state index contributed by atoms with van der Waals surface area (Å²) in [5, 5.41) is 13.2. The largest absolute Gasteiger partial charge is 0.392 e. The normalized spacial score (nSPS) is 17.5. The van der Waals surface area contributed by atoms with Gasteiger partial charge in [0.25, 0.3) is 0 Å². The van der Waals surface area contributed by atoms with Gasteiger partial charge < -0.3 is 10.4 Å². The van der Waals surface area contributed by atoms with Crippen molar-refractivity contribution in [1.29, 1.82) is 0 Å². The standard InChI is InChI=1S/C20H23N5O/c26-18-8-10-24(14-18)13-17-5-2-1-4-16(17)12-22-19-6-3-7-20(23-19)25-11-9-21-15-25/h1-7,9,11,15,18,26H,8,10,12-14H2,(H,22,23). The van der Waals surface area contributed by atoms with Crippen LogP contribution in [0.5, 0.6) is 0 Å². The zero-order valence-corrected chi connectivity index (χ0v) is 14.6. The SMILES string of the molecule is OC1CCN(Cc2ccccc2CNc2cccc(-n3ccnc3)n2)C1. The summed E-state index contributed by atoms with van der Waals surface area (Å²) in [6.07, 6.45) is 6.05. The number of pyridine rings is 1. The van der Waals surface area contributed by atoms with Gasteiger partial charge in [0.15, 0.2) is 0 Å². The Hall–Kier alpha value is -2.70. The third-order valence-corrected chi connectivity index (χ3v) is 4.72. The predicted molar refractivity (Wildman–Crippen MR) is 101 cm³/mol. The monoisotopic (exact) mass is 349 g/mol. The molecule has 6 nitrogen and oxygen atoms in total. The predicted octanol–water partition coefficient (Wildman–Crippen LogP) is 2.45. The second kappa shape index (κ2) is 7.68. The molecule has 4 rings (SSSR count). The van der Waals surface area contributed by atoms with Gasteiger partial charge in [0.05, 0.1) is 6.10 Å². The van der Waals surface area contributed by atoms with Crippen LogP contribution in [0.1, 0.15) is 17.5 Å². The van der Waals surface area contributed by atoms with Crippen LogP contribution in [0.15, 0.2) is 61.2 Å². The van der Waals surface area contributed by atoms with Gasteiger partial charge >= 0.3 is 0 Å². The summed E-state index contributed by atoms with van der Waals surface area (Å²) in [4.78, 5) is 11.0. The number of hydrogen-bond acceptors (Lipinski definition) is 5. The van der Waals surface area contributed by atoms with E-state index in [1.807, 2.05) is 29.0 Å². The number of rotatable bonds is 6. The Morgan fingerprint density at radius 1 is 1.12 bits per heavy atom. The molecule has 1 saturated heterocycles. The fourth-order valence-corrected chi connectivity index (χ4v) is 3.33. The minimum atomic E-state index is -0.185. The van der Waals surface area contributed by atoms with Gasteiger partial charge in [-0.1, -0.05) is 30.3 Å². The number of hydrogen-bond donors (Lipinski definition) is 2. The van der Waals surface area contributed by atoms with E-state index in [1.165, 1.54) is 11.1 Å². The zero-order valence-electron chi connectivity index (χ0n) is 14.6. The lowest BCUT2D eigenvalue weighted by atomic mass is 10.1. The highest BCUT2D eigenvalue weighted by Gasteiger charge is 2.20. The molecule has 0 aliphatic carbocycles. The Bertz CT molecular complexity index is 849. The molecule has 1 fully saturated rings. The van der Waals surface area contributed by atoms with E-state index in [-0.39, 0.29) is 6.10 Å². The van der Waals surface area contributed by atoms with Gasteiger partial charge in [-0.05, 0) is 29.7 Å². The number of nitrogens with zero attached hydrogens (tertiary/aromatic N) is 4. The smallest absolute Gasteiger partial charge is 0.140 e. The minimum Gasteiger partial charge on any atom is -0.392 e. The summed E-state index contributed by atoms with van der Waals surface area (Å²) in [5.74, 6) is 1.68. The summed E-state index contributed by atoms with van der Waals surface area (Å²) >= 11 is 0. The average Bonchev–Trinajstić information content (AvgIpc) is 3.33. The number of aliphatic hydroxyl groups excluding tert-OH is 1. The van der Waals surface area contributed by atoms with Gasteiger partial charge in [0.2, 0.25) is 0 Å². The third-order valence-electron chi connectivity index (χ3n) is 4.72. The number of benzene rings is 1. The zero-order chi connectivity index (χ0) is 17.8. The Morgan fingerprint density at radius 3 is 2.77 bits per heavy atom. The summed E-state index contributed by atoms with van der Waals surface area (Å²) < 4.78 is 1.89. The van der Waals surface area contributed by atoms with E-state index in [1.54, 1.807) is 12.5 Å².